The van der Waals surface area contributed by atoms with Crippen LogP contribution in [0.25, 0.3) is 11.4 Å². The van der Waals surface area contributed by atoms with Gasteiger partial charge in [-0.05, 0) is 48.9 Å². The van der Waals surface area contributed by atoms with Crippen LogP contribution in [0, 0.1) is 12.8 Å². The number of ether oxygens (including phenoxy) is 2. The molecule has 1 aromatic heterocycles. The lowest BCUT2D eigenvalue weighted by Crippen LogP contribution is -2.41. The number of benzene rings is 2. The van der Waals surface area contributed by atoms with Crippen LogP contribution in [0.2, 0.25) is 0 Å². The molecule has 2 aromatic carbocycles. The molecule has 1 atom stereocenters. The van der Waals surface area contributed by atoms with E-state index in [0.717, 1.165) is 41.8 Å². The van der Waals surface area contributed by atoms with Crippen molar-refractivity contribution in [2.75, 3.05) is 19.9 Å². The van der Waals surface area contributed by atoms with E-state index >= 15 is 0 Å². The average molecular weight is 419 g/mol. The lowest BCUT2D eigenvalue weighted by Gasteiger charge is -2.32. The molecular weight excluding hydrogens is 394 g/mol. The van der Waals surface area contributed by atoms with Crippen LogP contribution in [0.5, 0.6) is 11.5 Å². The summed E-state index contributed by atoms with van der Waals surface area (Å²) in [7, 11) is 0. The summed E-state index contributed by atoms with van der Waals surface area (Å²) in [5.74, 6) is 3.16. The number of piperidine rings is 1. The predicted octanol–water partition coefficient (Wildman–Crippen LogP) is 3.80. The number of hydrogen-bond acceptors (Lipinski definition) is 6. The summed E-state index contributed by atoms with van der Waals surface area (Å²) >= 11 is 0. The highest BCUT2D eigenvalue weighted by Gasteiger charge is 2.26. The number of aromatic nitrogens is 2. The predicted molar refractivity (Wildman–Crippen MR) is 114 cm³/mol. The second-order valence-corrected chi connectivity index (χ2v) is 8.24. The first-order chi connectivity index (χ1) is 15.2. The average Bonchev–Trinajstić information content (AvgIpc) is 3.43. The van der Waals surface area contributed by atoms with E-state index in [1.807, 2.05) is 54.3 Å². The van der Waals surface area contributed by atoms with Gasteiger partial charge in [0.15, 0.2) is 11.5 Å². The van der Waals surface area contributed by atoms with E-state index in [-0.39, 0.29) is 12.7 Å². The molecule has 160 valence electrons. The molecule has 5 rings (SSSR count). The van der Waals surface area contributed by atoms with Crippen LogP contribution < -0.4 is 9.47 Å². The van der Waals surface area contributed by atoms with Crippen LogP contribution >= 0.6 is 0 Å². The molecule has 1 fully saturated rings. The highest BCUT2D eigenvalue weighted by molar-refractivity contribution is 5.79. The van der Waals surface area contributed by atoms with Gasteiger partial charge in [0.1, 0.15) is 0 Å². The molecule has 31 heavy (non-hydrogen) atoms. The molecular formula is C24H25N3O4. The Morgan fingerprint density at radius 1 is 1.16 bits per heavy atom. The van der Waals surface area contributed by atoms with Crippen molar-refractivity contribution < 1.29 is 18.8 Å². The van der Waals surface area contributed by atoms with E-state index in [1.54, 1.807) is 0 Å². The number of carbonyl (C=O) groups is 1. The van der Waals surface area contributed by atoms with Crippen LogP contribution in [-0.2, 0) is 17.6 Å². The maximum atomic E-state index is 12.9. The number of likely N-dealkylation sites (tertiary alicyclic amines) is 1. The number of rotatable bonds is 5. The van der Waals surface area contributed by atoms with Gasteiger partial charge in [0.25, 0.3) is 0 Å². The highest BCUT2D eigenvalue weighted by atomic mass is 16.7. The lowest BCUT2D eigenvalue weighted by atomic mass is 9.94. The molecule has 0 bridgehead atoms. The summed E-state index contributed by atoms with van der Waals surface area (Å²) in [6.07, 6.45) is 3.08. The monoisotopic (exact) mass is 419 g/mol. The standard InChI is InChI=1S/C24H25N3O4/c1-16-5-2-3-7-19(16)24-25-22(31-26-24)12-18-6-4-10-27(14-18)23(28)13-17-8-9-20-21(11-17)30-15-29-20/h2-3,5,7-9,11,18H,4,6,10,12-15H2,1H3. The quantitative estimate of drug-likeness (QED) is 0.626. The topological polar surface area (TPSA) is 77.7 Å². The second kappa shape index (κ2) is 8.41. The normalized spacial score (nSPS) is 17.7. The van der Waals surface area contributed by atoms with E-state index in [0.29, 0.717) is 42.8 Å². The third-order valence-electron chi connectivity index (χ3n) is 5.98. The Morgan fingerprint density at radius 3 is 2.94 bits per heavy atom. The largest absolute Gasteiger partial charge is 0.454 e. The molecule has 1 unspecified atom stereocenters. The molecule has 1 amide bonds. The van der Waals surface area contributed by atoms with Crippen molar-refractivity contribution in [3.63, 3.8) is 0 Å². The molecule has 2 aliphatic heterocycles. The van der Waals surface area contributed by atoms with E-state index in [9.17, 15) is 4.79 Å². The number of carbonyl (C=O) groups excluding carboxylic acids is 1. The van der Waals surface area contributed by atoms with Crippen molar-refractivity contribution >= 4 is 5.91 Å². The molecule has 0 spiro atoms. The Balaban J connectivity index is 1.21. The van der Waals surface area contributed by atoms with Crippen LogP contribution in [0.1, 0.15) is 29.9 Å². The summed E-state index contributed by atoms with van der Waals surface area (Å²) in [5.41, 5.74) is 3.05. The fourth-order valence-electron chi connectivity index (χ4n) is 4.31. The minimum absolute atomic E-state index is 0.134. The Kier molecular flexibility index (Phi) is 5.32. The van der Waals surface area contributed by atoms with Gasteiger partial charge < -0.3 is 18.9 Å². The second-order valence-electron chi connectivity index (χ2n) is 8.24. The minimum Gasteiger partial charge on any atom is -0.454 e. The van der Waals surface area contributed by atoms with Gasteiger partial charge in [0.2, 0.25) is 24.4 Å². The number of nitrogens with zero attached hydrogens (tertiary/aromatic N) is 3. The van der Waals surface area contributed by atoms with Gasteiger partial charge in [0, 0.05) is 25.1 Å². The zero-order valence-electron chi connectivity index (χ0n) is 17.5. The summed E-state index contributed by atoms with van der Waals surface area (Å²) in [5, 5.41) is 4.16. The lowest BCUT2D eigenvalue weighted by molar-refractivity contribution is -0.132. The molecule has 3 heterocycles. The smallest absolute Gasteiger partial charge is 0.231 e. The number of amides is 1. The Bertz CT molecular complexity index is 1090. The molecule has 0 radical (unpaired) electrons. The van der Waals surface area contributed by atoms with E-state index in [4.69, 9.17) is 14.0 Å². The first-order valence-corrected chi connectivity index (χ1v) is 10.7. The molecule has 1 saturated heterocycles. The first-order valence-electron chi connectivity index (χ1n) is 10.7. The molecule has 3 aromatic rings. The fraction of sp³-hybridized carbons (Fsp3) is 0.375. The number of aryl methyl sites for hydroxylation is 1. The molecule has 7 nitrogen and oxygen atoms in total. The van der Waals surface area contributed by atoms with Crippen molar-refractivity contribution in [3.05, 3.63) is 59.5 Å². The van der Waals surface area contributed by atoms with Crippen molar-refractivity contribution in [2.24, 2.45) is 5.92 Å². The molecule has 0 aliphatic carbocycles. The van der Waals surface area contributed by atoms with Crippen LogP contribution in [0.4, 0.5) is 0 Å². The van der Waals surface area contributed by atoms with Gasteiger partial charge in [-0.1, -0.05) is 35.5 Å². The third-order valence-corrected chi connectivity index (χ3v) is 5.98. The van der Waals surface area contributed by atoms with Gasteiger partial charge in [-0.25, -0.2) is 0 Å². The maximum absolute atomic E-state index is 12.9. The maximum Gasteiger partial charge on any atom is 0.231 e. The highest BCUT2D eigenvalue weighted by Crippen LogP contribution is 2.33. The zero-order valence-corrected chi connectivity index (χ0v) is 17.5. The number of hydrogen-bond donors (Lipinski definition) is 0. The van der Waals surface area contributed by atoms with Crippen molar-refractivity contribution in [1.29, 1.82) is 0 Å². The summed E-state index contributed by atoms with van der Waals surface area (Å²) in [4.78, 5) is 19.4. The van der Waals surface area contributed by atoms with Crippen molar-refractivity contribution in [3.8, 4) is 22.9 Å². The van der Waals surface area contributed by atoms with E-state index in [1.165, 1.54) is 0 Å². The van der Waals surface area contributed by atoms with Crippen LogP contribution in [0.15, 0.2) is 47.0 Å². The first kappa shape index (κ1) is 19.6. The van der Waals surface area contributed by atoms with Gasteiger partial charge in [0.05, 0.1) is 6.42 Å². The Labute approximate surface area is 181 Å². The van der Waals surface area contributed by atoms with Gasteiger partial charge >= 0.3 is 0 Å². The Morgan fingerprint density at radius 2 is 2.03 bits per heavy atom. The Hall–Kier alpha value is -3.35. The van der Waals surface area contributed by atoms with E-state index < -0.39 is 0 Å². The van der Waals surface area contributed by atoms with Crippen LogP contribution in [-0.4, -0.2) is 40.8 Å². The van der Waals surface area contributed by atoms with Crippen molar-refractivity contribution in [1.82, 2.24) is 15.0 Å². The molecule has 0 N–H and O–H groups in total. The summed E-state index contributed by atoms with van der Waals surface area (Å²) in [6.45, 7) is 3.78. The fourth-order valence-corrected chi connectivity index (χ4v) is 4.31. The van der Waals surface area contributed by atoms with Crippen molar-refractivity contribution in [2.45, 2.75) is 32.6 Å². The van der Waals surface area contributed by atoms with Crippen LogP contribution in [0.3, 0.4) is 0 Å². The molecule has 7 heteroatoms. The van der Waals surface area contributed by atoms with Gasteiger partial charge in [-0.2, -0.15) is 4.98 Å². The van der Waals surface area contributed by atoms with E-state index in [2.05, 4.69) is 10.1 Å². The molecule has 2 aliphatic rings. The van der Waals surface area contributed by atoms with Gasteiger partial charge in [-0.3, -0.25) is 4.79 Å². The van der Waals surface area contributed by atoms with Gasteiger partial charge in [-0.15, -0.1) is 0 Å². The summed E-state index contributed by atoms with van der Waals surface area (Å²) in [6, 6.07) is 13.7. The zero-order chi connectivity index (χ0) is 21.2. The number of fused-ring (bicyclic) bond motifs is 1. The third kappa shape index (κ3) is 4.26. The minimum atomic E-state index is 0.134. The molecule has 0 saturated carbocycles. The summed E-state index contributed by atoms with van der Waals surface area (Å²) < 4.78 is 16.3. The SMILES string of the molecule is Cc1ccccc1-c1noc(CC2CCCN(C(=O)Cc3ccc4c(c3)OCO4)C2)n1.